The molecule has 1 aromatic carbocycles. The molecule has 0 aliphatic heterocycles. The van der Waals surface area contributed by atoms with Crippen LogP contribution in [-0.2, 0) is 0 Å². The first kappa shape index (κ1) is 13.5. The first-order valence-corrected chi connectivity index (χ1v) is 6.05. The molecule has 1 heterocycles. The average Bonchev–Trinajstić information content (AvgIpc) is 2.77. The Kier molecular flexibility index (Phi) is 3.84. The predicted octanol–water partition coefficient (Wildman–Crippen LogP) is 4.06. The van der Waals surface area contributed by atoms with Gasteiger partial charge in [0.05, 0.1) is 6.21 Å². The molecule has 0 fully saturated rings. The summed E-state index contributed by atoms with van der Waals surface area (Å²) >= 11 is 1.37. The number of hydrogen-bond acceptors (Lipinski definition) is 3. The Morgan fingerprint density at radius 1 is 1.16 bits per heavy atom. The molecule has 0 bridgehead atoms. The average molecular weight is 288 g/mol. The van der Waals surface area contributed by atoms with Crippen LogP contribution < -0.4 is 5.43 Å². The number of rotatable bonds is 3. The van der Waals surface area contributed by atoms with Crippen molar-refractivity contribution in [2.45, 2.75) is 6.92 Å². The second kappa shape index (κ2) is 5.40. The second-order valence-electron chi connectivity index (χ2n) is 3.68. The minimum Gasteiger partial charge on any atom is -0.272 e. The van der Waals surface area contributed by atoms with Crippen LogP contribution in [0.4, 0.5) is 23.2 Å². The van der Waals surface area contributed by atoms with Gasteiger partial charge in [-0.05, 0) is 23.9 Å². The quantitative estimate of drug-likeness (QED) is 0.392. The molecule has 0 atom stereocenters. The number of benzene rings is 1. The SMILES string of the molecule is Cc1ccsc1C=NNc1c(F)c(F)cc(F)c1F. The summed E-state index contributed by atoms with van der Waals surface area (Å²) in [5.74, 6) is -5.99. The Bertz CT molecular complexity index is 611. The normalized spacial score (nSPS) is 11.2. The van der Waals surface area contributed by atoms with Crippen molar-refractivity contribution in [3.05, 3.63) is 51.2 Å². The molecule has 100 valence electrons. The van der Waals surface area contributed by atoms with E-state index in [0.717, 1.165) is 10.4 Å². The molecular formula is C12H8F4N2S. The highest BCUT2D eigenvalue weighted by molar-refractivity contribution is 7.11. The van der Waals surface area contributed by atoms with Gasteiger partial charge in [-0.2, -0.15) is 5.10 Å². The summed E-state index contributed by atoms with van der Waals surface area (Å²) in [7, 11) is 0. The zero-order chi connectivity index (χ0) is 14.0. The van der Waals surface area contributed by atoms with Gasteiger partial charge in [-0.3, -0.25) is 5.43 Å². The van der Waals surface area contributed by atoms with Crippen molar-refractivity contribution < 1.29 is 17.6 Å². The lowest BCUT2D eigenvalue weighted by atomic mass is 10.2. The third-order valence-electron chi connectivity index (χ3n) is 2.37. The van der Waals surface area contributed by atoms with E-state index in [1.807, 2.05) is 23.8 Å². The van der Waals surface area contributed by atoms with Gasteiger partial charge in [0, 0.05) is 10.9 Å². The van der Waals surface area contributed by atoms with Crippen LogP contribution in [0.2, 0.25) is 0 Å². The highest BCUT2D eigenvalue weighted by atomic mass is 32.1. The number of nitrogens with zero attached hydrogens (tertiary/aromatic N) is 1. The van der Waals surface area contributed by atoms with Crippen molar-refractivity contribution in [2.24, 2.45) is 5.10 Å². The second-order valence-corrected chi connectivity index (χ2v) is 4.63. The van der Waals surface area contributed by atoms with Crippen molar-refractivity contribution in [1.82, 2.24) is 0 Å². The van der Waals surface area contributed by atoms with Gasteiger partial charge in [0.15, 0.2) is 23.3 Å². The summed E-state index contributed by atoms with van der Waals surface area (Å²) in [6.07, 6.45) is 1.32. The first-order valence-electron chi connectivity index (χ1n) is 5.17. The van der Waals surface area contributed by atoms with Crippen LogP contribution in [0, 0.1) is 30.2 Å². The summed E-state index contributed by atoms with van der Waals surface area (Å²) in [5, 5.41) is 5.39. The van der Waals surface area contributed by atoms with E-state index in [4.69, 9.17) is 0 Å². The van der Waals surface area contributed by atoms with Crippen LogP contribution in [-0.4, -0.2) is 6.21 Å². The van der Waals surface area contributed by atoms with Gasteiger partial charge < -0.3 is 0 Å². The lowest BCUT2D eigenvalue weighted by molar-refractivity contribution is 0.458. The van der Waals surface area contributed by atoms with Gasteiger partial charge in [0.1, 0.15) is 5.69 Å². The Balaban J connectivity index is 2.25. The molecule has 7 heteroatoms. The summed E-state index contributed by atoms with van der Waals surface area (Å²) < 4.78 is 52.4. The molecule has 0 amide bonds. The maximum Gasteiger partial charge on any atom is 0.186 e. The van der Waals surface area contributed by atoms with E-state index in [2.05, 4.69) is 5.10 Å². The largest absolute Gasteiger partial charge is 0.272 e. The highest BCUT2D eigenvalue weighted by Gasteiger charge is 2.18. The van der Waals surface area contributed by atoms with E-state index in [9.17, 15) is 17.6 Å². The van der Waals surface area contributed by atoms with Crippen LogP contribution in [0.3, 0.4) is 0 Å². The van der Waals surface area contributed by atoms with Gasteiger partial charge >= 0.3 is 0 Å². The third kappa shape index (κ3) is 2.76. The Hall–Kier alpha value is -1.89. The van der Waals surface area contributed by atoms with E-state index >= 15 is 0 Å². The molecule has 1 N–H and O–H groups in total. The molecule has 1 aromatic heterocycles. The molecule has 0 spiro atoms. The van der Waals surface area contributed by atoms with E-state index in [1.165, 1.54) is 17.6 Å². The zero-order valence-corrected chi connectivity index (χ0v) is 10.5. The number of aryl methyl sites for hydroxylation is 1. The fraction of sp³-hybridized carbons (Fsp3) is 0.0833. The highest BCUT2D eigenvalue weighted by Crippen LogP contribution is 2.24. The van der Waals surface area contributed by atoms with E-state index in [-0.39, 0.29) is 6.07 Å². The van der Waals surface area contributed by atoms with Gasteiger partial charge in [-0.15, -0.1) is 11.3 Å². The van der Waals surface area contributed by atoms with Crippen LogP contribution in [0.5, 0.6) is 0 Å². The maximum absolute atomic E-state index is 13.3. The van der Waals surface area contributed by atoms with Gasteiger partial charge in [-0.25, -0.2) is 17.6 Å². The van der Waals surface area contributed by atoms with Gasteiger partial charge in [-0.1, -0.05) is 0 Å². The van der Waals surface area contributed by atoms with Crippen LogP contribution in [0.25, 0.3) is 0 Å². The molecule has 19 heavy (non-hydrogen) atoms. The third-order valence-corrected chi connectivity index (χ3v) is 3.33. The predicted molar refractivity (Wildman–Crippen MR) is 66.5 cm³/mol. The number of hydrazone groups is 1. The monoisotopic (exact) mass is 288 g/mol. The maximum atomic E-state index is 13.3. The van der Waals surface area contributed by atoms with Crippen molar-refractivity contribution in [3.63, 3.8) is 0 Å². The molecule has 0 saturated heterocycles. The van der Waals surface area contributed by atoms with E-state index in [1.54, 1.807) is 0 Å². The van der Waals surface area contributed by atoms with Crippen LogP contribution in [0.1, 0.15) is 10.4 Å². The van der Waals surface area contributed by atoms with Crippen molar-refractivity contribution in [1.29, 1.82) is 0 Å². The van der Waals surface area contributed by atoms with Crippen LogP contribution in [0.15, 0.2) is 22.6 Å². The molecule has 2 rings (SSSR count). The number of nitrogens with one attached hydrogen (secondary N) is 1. The summed E-state index contributed by atoms with van der Waals surface area (Å²) in [4.78, 5) is 0.769. The molecule has 0 aliphatic rings. The minimum atomic E-state index is -1.51. The molecule has 2 nitrogen and oxygen atoms in total. The summed E-state index contributed by atoms with van der Waals surface area (Å²) in [6, 6.07) is 1.98. The van der Waals surface area contributed by atoms with Crippen molar-refractivity contribution in [3.8, 4) is 0 Å². The summed E-state index contributed by atoms with van der Waals surface area (Å²) in [5.41, 5.74) is 1.95. The Morgan fingerprint density at radius 2 is 1.79 bits per heavy atom. The Morgan fingerprint density at radius 3 is 2.32 bits per heavy atom. The zero-order valence-electron chi connectivity index (χ0n) is 9.68. The van der Waals surface area contributed by atoms with Crippen LogP contribution >= 0.6 is 11.3 Å². The van der Waals surface area contributed by atoms with E-state index in [0.29, 0.717) is 0 Å². The lowest BCUT2D eigenvalue weighted by Gasteiger charge is -2.05. The van der Waals surface area contributed by atoms with E-state index < -0.39 is 29.0 Å². The van der Waals surface area contributed by atoms with Crippen molar-refractivity contribution >= 4 is 23.2 Å². The number of halogens is 4. The topological polar surface area (TPSA) is 24.4 Å². The Labute approximate surface area is 110 Å². The molecular weight excluding hydrogens is 280 g/mol. The summed E-state index contributed by atoms with van der Waals surface area (Å²) in [6.45, 7) is 1.83. The first-order chi connectivity index (χ1) is 9.00. The fourth-order valence-electron chi connectivity index (χ4n) is 1.34. The lowest BCUT2D eigenvalue weighted by Crippen LogP contribution is -2.02. The van der Waals surface area contributed by atoms with Crippen molar-refractivity contribution in [2.75, 3.05) is 5.43 Å². The number of anilines is 1. The van der Waals surface area contributed by atoms with Gasteiger partial charge in [0.25, 0.3) is 0 Å². The number of thiophene rings is 1. The standard InChI is InChI=1S/C12H8F4N2S/c1-6-2-3-19-9(6)5-17-18-12-10(15)7(13)4-8(14)11(12)16/h2-5,18H,1H3. The van der Waals surface area contributed by atoms with Gasteiger partial charge in [0.2, 0.25) is 0 Å². The number of hydrogen-bond donors (Lipinski definition) is 1. The smallest absolute Gasteiger partial charge is 0.186 e. The molecule has 0 aliphatic carbocycles. The minimum absolute atomic E-state index is 0.142. The molecule has 0 unspecified atom stereocenters. The molecule has 0 saturated carbocycles. The molecule has 0 radical (unpaired) electrons. The fourth-order valence-corrected chi connectivity index (χ4v) is 2.13. The molecule has 2 aromatic rings.